The summed E-state index contributed by atoms with van der Waals surface area (Å²) in [6.07, 6.45) is 0.404. The molecule has 19 heavy (non-hydrogen) atoms. The Labute approximate surface area is 115 Å². The molecule has 1 aliphatic rings. The topological polar surface area (TPSA) is 59.2 Å². The lowest BCUT2D eigenvalue weighted by Gasteiger charge is -2.16. The molecule has 0 saturated carbocycles. The van der Waals surface area contributed by atoms with E-state index in [4.69, 9.17) is 16.1 Å². The molecular weight excluding hydrogens is 266 g/mol. The Balaban J connectivity index is 1.82. The minimum absolute atomic E-state index is 0.0133. The fraction of sp³-hybridized carbons (Fsp3) is 0.308. The fourth-order valence-electron chi connectivity index (χ4n) is 2.23. The van der Waals surface area contributed by atoms with Gasteiger partial charge in [0.1, 0.15) is 0 Å². The lowest BCUT2D eigenvalue weighted by Crippen LogP contribution is -2.24. The highest BCUT2D eigenvalue weighted by Gasteiger charge is 2.34. The van der Waals surface area contributed by atoms with Gasteiger partial charge in [0.05, 0.1) is 0 Å². The maximum Gasteiger partial charge on any atom is 0.227 e. The first-order chi connectivity index (χ1) is 9.13. The third kappa shape index (κ3) is 2.33. The van der Waals surface area contributed by atoms with Crippen LogP contribution in [0.3, 0.4) is 0 Å². The highest BCUT2D eigenvalue weighted by Crippen LogP contribution is 2.30. The number of rotatable bonds is 2. The van der Waals surface area contributed by atoms with Crippen molar-refractivity contribution in [3.8, 4) is 0 Å². The van der Waals surface area contributed by atoms with Crippen LogP contribution in [0.2, 0.25) is 5.02 Å². The molecule has 1 unspecified atom stereocenters. The van der Waals surface area contributed by atoms with Crippen LogP contribution >= 0.6 is 11.6 Å². The van der Waals surface area contributed by atoms with Crippen LogP contribution in [0.5, 0.6) is 0 Å². The minimum Gasteiger partial charge on any atom is -0.340 e. The molecule has 0 N–H and O–H groups in total. The number of aromatic nitrogens is 2. The number of hydrogen-bond donors (Lipinski definition) is 0. The molecule has 3 rings (SSSR count). The van der Waals surface area contributed by atoms with Gasteiger partial charge >= 0.3 is 0 Å². The van der Waals surface area contributed by atoms with E-state index in [0.717, 1.165) is 5.69 Å². The third-order valence-electron chi connectivity index (χ3n) is 3.17. The molecule has 2 aromatic rings. The maximum atomic E-state index is 12.1. The molecule has 1 amide bonds. The summed E-state index contributed by atoms with van der Waals surface area (Å²) in [5.74, 6) is 1.17. The van der Waals surface area contributed by atoms with E-state index in [2.05, 4.69) is 10.1 Å². The molecule has 1 aromatic carbocycles. The SMILES string of the molecule is Cc1nc(C2CC(=O)N(c3ccc(Cl)cc3)C2)no1. The van der Waals surface area contributed by atoms with Crippen molar-refractivity contribution in [3.05, 3.63) is 41.0 Å². The standard InChI is InChI=1S/C13H12ClN3O2/c1-8-15-13(16-19-8)9-6-12(18)17(7-9)11-4-2-10(14)3-5-11/h2-5,9H,6-7H2,1H3. The van der Waals surface area contributed by atoms with Crippen LogP contribution in [0, 0.1) is 6.92 Å². The quantitative estimate of drug-likeness (QED) is 0.846. The molecule has 1 atom stereocenters. The lowest BCUT2D eigenvalue weighted by molar-refractivity contribution is -0.117. The van der Waals surface area contributed by atoms with Gasteiger partial charge in [0.2, 0.25) is 11.8 Å². The third-order valence-corrected chi connectivity index (χ3v) is 3.42. The summed E-state index contributed by atoms with van der Waals surface area (Å²) < 4.78 is 4.96. The van der Waals surface area contributed by atoms with E-state index in [1.54, 1.807) is 24.0 Å². The van der Waals surface area contributed by atoms with Crippen LogP contribution in [0.25, 0.3) is 0 Å². The van der Waals surface area contributed by atoms with Crippen LogP contribution in [0.15, 0.2) is 28.8 Å². The number of hydrogen-bond acceptors (Lipinski definition) is 4. The summed E-state index contributed by atoms with van der Waals surface area (Å²) in [5, 5.41) is 4.54. The van der Waals surface area contributed by atoms with Gasteiger partial charge in [-0.2, -0.15) is 4.98 Å². The van der Waals surface area contributed by atoms with E-state index in [9.17, 15) is 4.79 Å². The summed E-state index contributed by atoms with van der Waals surface area (Å²) in [5.41, 5.74) is 0.845. The summed E-state index contributed by atoms with van der Waals surface area (Å²) >= 11 is 5.85. The number of carbonyl (C=O) groups excluding carboxylic acids is 1. The van der Waals surface area contributed by atoms with E-state index >= 15 is 0 Å². The van der Waals surface area contributed by atoms with Crippen LogP contribution < -0.4 is 4.90 Å². The van der Waals surface area contributed by atoms with Gasteiger partial charge in [0.15, 0.2) is 5.82 Å². The van der Waals surface area contributed by atoms with Crippen molar-refractivity contribution in [1.29, 1.82) is 0 Å². The molecule has 1 saturated heterocycles. The molecule has 5 nitrogen and oxygen atoms in total. The van der Waals surface area contributed by atoms with E-state index < -0.39 is 0 Å². The number of carbonyl (C=O) groups is 1. The van der Waals surface area contributed by atoms with Crippen molar-refractivity contribution >= 4 is 23.2 Å². The highest BCUT2D eigenvalue weighted by atomic mass is 35.5. The Kier molecular flexibility index (Phi) is 2.98. The van der Waals surface area contributed by atoms with Gasteiger partial charge in [-0.05, 0) is 24.3 Å². The molecule has 1 aliphatic heterocycles. The summed E-state index contributed by atoms with van der Waals surface area (Å²) in [6, 6.07) is 7.22. The van der Waals surface area contributed by atoms with Gasteiger partial charge in [0.25, 0.3) is 0 Å². The molecule has 0 spiro atoms. The zero-order chi connectivity index (χ0) is 13.4. The first-order valence-electron chi connectivity index (χ1n) is 5.99. The summed E-state index contributed by atoms with van der Waals surface area (Å²) in [4.78, 5) is 18.0. The predicted molar refractivity (Wildman–Crippen MR) is 70.2 cm³/mol. The van der Waals surface area contributed by atoms with E-state index in [1.807, 2.05) is 12.1 Å². The Morgan fingerprint density at radius 3 is 2.74 bits per heavy atom. The number of aryl methyl sites for hydroxylation is 1. The second-order valence-electron chi connectivity index (χ2n) is 4.55. The highest BCUT2D eigenvalue weighted by molar-refractivity contribution is 6.30. The summed E-state index contributed by atoms with van der Waals surface area (Å²) in [7, 11) is 0. The van der Waals surface area contributed by atoms with E-state index in [1.165, 1.54) is 0 Å². The van der Waals surface area contributed by atoms with Crippen LogP contribution in [0.4, 0.5) is 5.69 Å². The smallest absolute Gasteiger partial charge is 0.227 e. The van der Waals surface area contributed by atoms with Gasteiger partial charge in [-0.25, -0.2) is 0 Å². The normalized spacial score (nSPS) is 19.2. The fourth-order valence-corrected chi connectivity index (χ4v) is 2.36. The van der Waals surface area contributed by atoms with Gasteiger partial charge in [-0.15, -0.1) is 0 Å². The van der Waals surface area contributed by atoms with Gasteiger partial charge in [-0.1, -0.05) is 16.8 Å². The second kappa shape index (κ2) is 4.66. The van der Waals surface area contributed by atoms with Gasteiger partial charge in [0, 0.05) is 36.5 Å². The molecule has 98 valence electrons. The van der Waals surface area contributed by atoms with Gasteiger partial charge < -0.3 is 9.42 Å². The molecule has 6 heteroatoms. The van der Waals surface area contributed by atoms with Crippen LogP contribution in [0.1, 0.15) is 24.1 Å². The first kappa shape index (κ1) is 12.2. The van der Waals surface area contributed by atoms with Crippen molar-refractivity contribution in [1.82, 2.24) is 10.1 Å². The molecule has 0 aliphatic carbocycles. The molecular formula is C13H12ClN3O2. The van der Waals surface area contributed by atoms with Crippen LogP contribution in [-0.2, 0) is 4.79 Å². The monoisotopic (exact) mass is 277 g/mol. The minimum atomic E-state index is -0.0133. The maximum absolute atomic E-state index is 12.1. The van der Waals surface area contributed by atoms with Gasteiger partial charge in [-0.3, -0.25) is 4.79 Å². The Morgan fingerprint density at radius 1 is 1.37 bits per heavy atom. The Bertz CT molecular complexity index is 609. The summed E-state index contributed by atoms with van der Waals surface area (Å²) in [6.45, 7) is 2.31. The van der Waals surface area contributed by atoms with Crippen molar-refractivity contribution in [2.24, 2.45) is 0 Å². The van der Waals surface area contributed by atoms with Crippen molar-refractivity contribution in [3.63, 3.8) is 0 Å². The average Bonchev–Trinajstić information content (AvgIpc) is 2.97. The lowest BCUT2D eigenvalue weighted by atomic mass is 10.1. The van der Waals surface area contributed by atoms with Crippen molar-refractivity contribution in [2.45, 2.75) is 19.3 Å². The zero-order valence-electron chi connectivity index (χ0n) is 10.3. The predicted octanol–water partition coefficient (Wildman–Crippen LogP) is 2.55. The Morgan fingerprint density at radius 2 is 2.11 bits per heavy atom. The van der Waals surface area contributed by atoms with E-state index in [-0.39, 0.29) is 11.8 Å². The zero-order valence-corrected chi connectivity index (χ0v) is 11.1. The molecule has 1 aromatic heterocycles. The van der Waals surface area contributed by atoms with E-state index in [0.29, 0.717) is 29.7 Å². The molecule has 0 bridgehead atoms. The number of benzene rings is 1. The molecule has 2 heterocycles. The van der Waals surface area contributed by atoms with Crippen LogP contribution in [-0.4, -0.2) is 22.6 Å². The Hall–Kier alpha value is -1.88. The van der Waals surface area contributed by atoms with Crippen molar-refractivity contribution in [2.75, 3.05) is 11.4 Å². The molecule has 0 radical (unpaired) electrons. The first-order valence-corrected chi connectivity index (χ1v) is 6.37. The average molecular weight is 278 g/mol. The number of anilines is 1. The number of halogens is 1. The number of amides is 1. The number of nitrogens with zero attached hydrogens (tertiary/aromatic N) is 3. The van der Waals surface area contributed by atoms with Crippen molar-refractivity contribution < 1.29 is 9.32 Å². The molecule has 1 fully saturated rings. The largest absolute Gasteiger partial charge is 0.340 e. The second-order valence-corrected chi connectivity index (χ2v) is 4.99.